The van der Waals surface area contributed by atoms with E-state index in [9.17, 15) is 4.39 Å². The zero-order chi connectivity index (χ0) is 17.8. The van der Waals surface area contributed by atoms with Gasteiger partial charge < -0.3 is 15.6 Å². The zero-order valence-electron chi connectivity index (χ0n) is 15.0. The first-order valence-corrected chi connectivity index (χ1v) is 9.01. The third-order valence-corrected chi connectivity index (χ3v) is 5.19. The first-order valence-electron chi connectivity index (χ1n) is 8.19. The fourth-order valence-corrected chi connectivity index (χ4v) is 3.54. The maximum Gasteiger partial charge on any atom is 0.191 e. The molecule has 3 N–H and O–H groups in total. The largest absolute Gasteiger partial charge is 0.361 e. The molecule has 0 aliphatic heterocycles. The van der Waals surface area contributed by atoms with Gasteiger partial charge in [-0.2, -0.15) is 0 Å². The molecule has 0 fully saturated rings. The van der Waals surface area contributed by atoms with Crippen molar-refractivity contribution in [3.8, 4) is 0 Å². The Balaban J connectivity index is 0.00000243. The summed E-state index contributed by atoms with van der Waals surface area (Å²) in [4.78, 5) is 13.2. The van der Waals surface area contributed by atoms with Crippen LogP contribution in [-0.2, 0) is 13.0 Å². The van der Waals surface area contributed by atoms with E-state index < -0.39 is 0 Å². The second kappa shape index (κ2) is 9.31. The Bertz CT molecular complexity index is 883. The number of thiazole rings is 1. The smallest absolute Gasteiger partial charge is 0.191 e. The minimum Gasteiger partial charge on any atom is -0.361 e. The molecule has 2 aromatic heterocycles. The second-order valence-electron chi connectivity index (χ2n) is 5.86. The van der Waals surface area contributed by atoms with Crippen molar-refractivity contribution >= 4 is 52.2 Å². The number of fused-ring (bicyclic) bond motifs is 1. The third kappa shape index (κ3) is 4.94. The summed E-state index contributed by atoms with van der Waals surface area (Å²) in [5.41, 5.74) is 3.12. The van der Waals surface area contributed by atoms with Crippen LogP contribution in [0.5, 0.6) is 0 Å². The van der Waals surface area contributed by atoms with Crippen molar-refractivity contribution in [3.05, 3.63) is 51.4 Å². The number of guanidine groups is 1. The van der Waals surface area contributed by atoms with Gasteiger partial charge in [-0.15, -0.1) is 35.3 Å². The van der Waals surface area contributed by atoms with E-state index in [0.717, 1.165) is 39.5 Å². The van der Waals surface area contributed by atoms with Crippen molar-refractivity contribution in [1.29, 1.82) is 0 Å². The van der Waals surface area contributed by atoms with Gasteiger partial charge in [0.1, 0.15) is 10.8 Å². The summed E-state index contributed by atoms with van der Waals surface area (Å²) < 4.78 is 13.4. The summed E-state index contributed by atoms with van der Waals surface area (Å²) in [6.07, 6.45) is 2.71. The van der Waals surface area contributed by atoms with Gasteiger partial charge in [0.25, 0.3) is 0 Å². The average Bonchev–Trinajstić information content (AvgIpc) is 3.14. The quantitative estimate of drug-likeness (QED) is 0.291. The molecule has 1 aromatic carbocycles. The highest BCUT2D eigenvalue weighted by molar-refractivity contribution is 14.0. The molecule has 0 aliphatic rings. The van der Waals surface area contributed by atoms with Gasteiger partial charge in [0.2, 0.25) is 0 Å². The molecule has 0 unspecified atom stereocenters. The van der Waals surface area contributed by atoms with Gasteiger partial charge in [-0.05, 0) is 44.0 Å². The number of H-pyrrole nitrogens is 1. The number of aromatic nitrogens is 2. The topological polar surface area (TPSA) is 65.1 Å². The van der Waals surface area contributed by atoms with Gasteiger partial charge in [-0.1, -0.05) is 0 Å². The molecular formula is C18H23FIN5S. The second-order valence-corrected chi connectivity index (χ2v) is 7.14. The monoisotopic (exact) mass is 487 g/mol. The highest BCUT2D eigenvalue weighted by Gasteiger charge is 2.07. The van der Waals surface area contributed by atoms with E-state index in [1.165, 1.54) is 10.9 Å². The molecule has 26 heavy (non-hydrogen) atoms. The fourth-order valence-electron chi connectivity index (χ4n) is 2.67. The molecule has 0 bridgehead atoms. The Morgan fingerprint density at radius 1 is 1.31 bits per heavy atom. The van der Waals surface area contributed by atoms with Crippen LogP contribution in [0.15, 0.2) is 29.4 Å². The summed E-state index contributed by atoms with van der Waals surface area (Å²) in [7, 11) is 1.74. The number of rotatable bonds is 5. The van der Waals surface area contributed by atoms with Crippen LogP contribution in [-0.4, -0.2) is 29.5 Å². The molecular weight excluding hydrogens is 464 g/mol. The number of aryl methyl sites for hydroxylation is 2. The Labute approximate surface area is 173 Å². The van der Waals surface area contributed by atoms with Crippen LogP contribution in [0, 0.1) is 19.7 Å². The van der Waals surface area contributed by atoms with E-state index in [1.54, 1.807) is 30.5 Å². The van der Waals surface area contributed by atoms with Crippen LogP contribution in [0.2, 0.25) is 0 Å². The van der Waals surface area contributed by atoms with Gasteiger partial charge >= 0.3 is 0 Å². The zero-order valence-corrected chi connectivity index (χ0v) is 18.2. The van der Waals surface area contributed by atoms with Crippen molar-refractivity contribution in [2.75, 3.05) is 13.6 Å². The van der Waals surface area contributed by atoms with E-state index in [4.69, 9.17) is 0 Å². The molecule has 2 heterocycles. The Morgan fingerprint density at radius 3 is 2.81 bits per heavy atom. The van der Waals surface area contributed by atoms with E-state index in [2.05, 4.69) is 32.5 Å². The van der Waals surface area contributed by atoms with Crippen molar-refractivity contribution in [2.45, 2.75) is 26.8 Å². The molecule has 0 atom stereocenters. The summed E-state index contributed by atoms with van der Waals surface area (Å²) >= 11 is 1.70. The molecule has 0 saturated heterocycles. The normalized spacial score (nSPS) is 11.5. The highest BCUT2D eigenvalue weighted by atomic mass is 127. The van der Waals surface area contributed by atoms with E-state index >= 15 is 0 Å². The lowest BCUT2D eigenvalue weighted by Gasteiger charge is -2.10. The first-order chi connectivity index (χ1) is 12.1. The molecule has 0 aliphatic carbocycles. The van der Waals surface area contributed by atoms with E-state index in [1.807, 2.05) is 13.1 Å². The van der Waals surface area contributed by atoms with Crippen molar-refractivity contribution < 1.29 is 4.39 Å². The molecule has 8 heteroatoms. The number of aliphatic imine (C=N–C) groups is 1. The van der Waals surface area contributed by atoms with Gasteiger partial charge in [-0.25, -0.2) is 9.37 Å². The van der Waals surface area contributed by atoms with Crippen LogP contribution in [0.3, 0.4) is 0 Å². The van der Waals surface area contributed by atoms with Crippen molar-refractivity contribution in [3.63, 3.8) is 0 Å². The van der Waals surface area contributed by atoms with Gasteiger partial charge in [0.15, 0.2) is 5.96 Å². The minimum atomic E-state index is -0.215. The number of hydrogen-bond donors (Lipinski definition) is 3. The fraction of sp³-hybridized carbons (Fsp3) is 0.333. The van der Waals surface area contributed by atoms with E-state index in [0.29, 0.717) is 13.1 Å². The number of aromatic amines is 1. The molecule has 5 nitrogen and oxygen atoms in total. The minimum absolute atomic E-state index is 0. The molecule has 140 valence electrons. The van der Waals surface area contributed by atoms with E-state index in [-0.39, 0.29) is 29.8 Å². The Morgan fingerprint density at radius 2 is 2.12 bits per heavy atom. The van der Waals surface area contributed by atoms with Crippen LogP contribution in [0.1, 0.15) is 21.1 Å². The maximum atomic E-state index is 13.4. The molecule has 0 spiro atoms. The van der Waals surface area contributed by atoms with Crippen molar-refractivity contribution in [1.82, 2.24) is 20.6 Å². The summed E-state index contributed by atoms with van der Waals surface area (Å²) in [6, 6.07) is 4.80. The summed E-state index contributed by atoms with van der Waals surface area (Å²) in [5, 5.41) is 8.53. The number of halogens is 2. The number of hydrogen-bond acceptors (Lipinski definition) is 3. The number of nitrogens with one attached hydrogen (secondary N) is 3. The van der Waals surface area contributed by atoms with Crippen LogP contribution in [0.25, 0.3) is 10.9 Å². The Kier molecular flexibility index (Phi) is 7.39. The first kappa shape index (κ1) is 20.6. The molecule has 0 radical (unpaired) electrons. The highest BCUT2D eigenvalue weighted by Crippen LogP contribution is 2.19. The number of benzene rings is 1. The van der Waals surface area contributed by atoms with Crippen LogP contribution < -0.4 is 10.6 Å². The summed E-state index contributed by atoms with van der Waals surface area (Å²) in [5.74, 6) is 0.518. The predicted octanol–water partition coefficient (Wildman–Crippen LogP) is 3.91. The number of nitrogens with zero attached hydrogens (tertiary/aromatic N) is 2. The Hall–Kier alpha value is -1.68. The van der Waals surface area contributed by atoms with Gasteiger partial charge in [0.05, 0.1) is 12.2 Å². The van der Waals surface area contributed by atoms with Crippen molar-refractivity contribution in [2.24, 2.45) is 4.99 Å². The molecule has 3 aromatic rings. The third-order valence-electron chi connectivity index (χ3n) is 4.12. The van der Waals surface area contributed by atoms with Gasteiger partial charge in [0, 0.05) is 35.6 Å². The van der Waals surface area contributed by atoms with Crippen LogP contribution >= 0.6 is 35.3 Å². The van der Waals surface area contributed by atoms with Crippen LogP contribution in [0.4, 0.5) is 4.39 Å². The predicted molar refractivity (Wildman–Crippen MR) is 117 cm³/mol. The summed E-state index contributed by atoms with van der Waals surface area (Å²) in [6.45, 7) is 5.45. The SMILES string of the molecule is CN=C(NCCc1c[nH]c2ccc(F)cc12)NCc1nc(C)c(C)s1.I. The molecule has 0 saturated carbocycles. The lowest BCUT2D eigenvalue weighted by Crippen LogP contribution is -2.37. The molecule has 0 amide bonds. The lowest BCUT2D eigenvalue weighted by molar-refractivity contribution is 0.629. The standard InChI is InChI=1S/C18H22FN5S.HI/c1-11-12(2)25-17(24-11)10-23-18(20-3)21-7-6-13-9-22-16-5-4-14(19)8-15(13)16;/h4-5,8-9,22H,6-7,10H2,1-3H3,(H2,20,21,23);1H. The maximum absolute atomic E-state index is 13.4. The average molecular weight is 487 g/mol. The van der Waals surface area contributed by atoms with Gasteiger partial charge in [-0.3, -0.25) is 4.99 Å². The molecule has 3 rings (SSSR count). The lowest BCUT2D eigenvalue weighted by atomic mass is 10.1.